The van der Waals surface area contributed by atoms with Crippen LogP contribution in [-0.4, -0.2) is 35.1 Å². The van der Waals surface area contributed by atoms with Crippen LogP contribution in [0.15, 0.2) is 44.1 Å². The van der Waals surface area contributed by atoms with E-state index in [0.717, 1.165) is 0 Å². The van der Waals surface area contributed by atoms with Gasteiger partial charge in [0.05, 0.1) is 6.29 Å². The number of rotatable bonds is 8. The molecule has 16 heteroatoms. The minimum atomic E-state index is -1.63. The maximum atomic E-state index is 11.1. The Labute approximate surface area is 350 Å². The smallest absolute Gasteiger partial charge is 0.417 e. The fourth-order valence-corrected chi connectivity index (χ4v) is 6.83. The summed E-state index contributed by atoms with van der Waals surface area (Å²) in [6, 6.07) is 14.0. The van der Waals surface area contributed by atoms with E-state index in [1.165, 1.54) is 81.3 Å². The van der Waals surface area contributed by atoms with Gasteiger partial charge in [-0.25, -0.2) is 28.3 Å². The Morgan fingerprint density at radius 3 is 1.54 bits per heavy atom. The molecule has 4 aromatic rings. The summed E-state index contributed by atoms with van der Waals surface area (Å²) >= 11 is 3.37. The van der Waals surface area contributed by atoms with Gasteiger partial charge in [0.1, 0.15) is 11.1 Å². The summed E-state index contributed by atoms with van der Waals surface area (Å²) < 4.78 is 31.8. The number of thiophene rings is 2. The van der Waals surface area contributed by atoms with Crippen molar-refractivity contribution in [2.75, 3.05) is 14.1 Å². The molecule has 0 spiro atoms. The molecular formula is C32H38I2N2O6S4W2. The van der Waals surface area contributed by atoms with Crippen LogP contribution < -0.4 is 11.0 Å². The number of carbonyl (C=O) groups excluding carboxylic acids is 2. The summed E-state index contributed by atoms with van der Waals surface area (Å²) in [5.74, 6) is 0. The Hall–Kier alpha value is 0.157. The van der Waals surface area contributed by atoms with E-state index in [1.54, 1.807) is 35.5 Å². The van der Waals surface area contributed by atoms with Crippen LogP contribution in [-0.2, 0) is 82.4 Å². The first-order valence-electron chi connectivity index (χ1n) is 13.3. The van der Waals surface area contributed by atoms with E-state index in [0.29, 0.717) is 14.0 Å². The maximum absolute atomic E-state index is 11.1. The average molecular weight is 1300 g/mol. The van der Waals surface area contributed by atoms with Crippen molar-refractivity contribution in [3.63, 3.8) is 0 Å². The molecule has 2 aromatic carbocycles. The number of aryl methyl sites for hydroxylation is 6. The van der Waals surface area contributed by atoms with Gasteiger partial charge in [-0.2, -0.15) is 91.1 Å². The van der Waals surface area contributed by atoms with Gasteiger partial charge in [0.25, 0.3) is 0 Å². The van der Waals surface area contributed by atoms with Crippen LogP contribution in [0.4, 0.5) is 0 Å². The van der Waals surface area contributed by atoms with Crippen molar-refractivity contribution < 1.29 is 68.7 Å². The first kappa shape index (κ1) is 52.5. The Kier molecular flexibility index (Phi) is 32.5. The summed E-state index contributed by atoms with van der Waals surface area (Å²) in [6.07, 6.45) is 3.36. The molecule has 2 aromatic heterocycles. The summed E-state index contributed by atoms with van der Waals surface area (Å²) in [4.78, 5) is 21.2. The van der Waals surface area contributed by atoms with Crippen LogP contribution in [0.5, 0.6) is 0 Å². The van der Waals surface area contributed by atoms with E-state index in [4.69, 9.17) is 0 Å². The predicted molar refractivity (Wildman–Crippen MR) is 208 cm³/mol. The Morgan fingerprint density at radius 1 is 0.708 bits per heavy atom. The number of halogens is 2. The summed E-state index contributed by atoms with van der Waals surface area (Å²) in [6.45, 7) is 16.9. The SMILES string of the molecule is CNOS(=O)c1ccsc1[C-]=O.CNOS(=O)c1sccc1[C-]=O.Cc1[c-]c(C)c(C)c(C)c1.Cc1[c-]c(C)c(C)c(C)c1.II.[W+2].[W+2]. The summed E-state index contributed by atoms with van der Waals surface area (Å²) in [7, 11) is 2.99. The Balaban J connectivity index is -0.000000547. The first-order chi connectivity index (χ1) is 21.8. The van der Waals surface area contributed by atoms with Gasteiger partial charge in [-0.1, -0.05) is 70.5 Å². The second kappa shape index (κ2) is 29.7. The molecule has 0 saturated heterocycles. The van der Waals surface area contributed by atoms with E-state index < -0.39 is 22.2 Å². The van der Waals surface area contributed by atoms with Crippen molar-refractivity contribution >= 4 is 94.6 Å². The third-order valence-corrected chi connectivity index (χ3v) is 10.3. The van der Waals surface area contributed by atoms with Crippen LogP contribution in [0.3, 0.4) is 0 Å². The zero-order valence-corrected chi connectivity index (χ0v) is 41.6. The molecule has 0 aliphatic rings. The molecule has 2 N–H and O–H groups in total. The van der Waals surface area contributed by atoms with Gasteiger partial charge < -0.3 is 9.59 Å². The molecule has 0 amide bonds. The second-order valence-corrected chi connectivity index (χ2v) is 13.5. The van der Waals surface area contributed by atoms with Crippen molar-refractivity contribution in [3.8, 4) is 0 Å². The molecule has 262 valence electrons. The van der Waals surface area contributed by atoms with Gasteiger partial charge in [0.2, 0.25) is 0 Å². The molecule has 48 heavy (non-hydrogen) atoms. The molecule has 8 nitrogen and oxygen atoms in total. The number of hydrogen-bond acceptors (Lipinski definition) is 10. The number of hydroxylamine groups is 2. The average Bonchev–Trinajstić information content (AvgIpc) is 3.71. The number of hydrogen-bond donors (Lipinski definition) is 2. The van der Waals surface area contributed by atoms with Gasteiger partial charge >= 0.3 is 42.1 Å². The second-order valence-electron chi connectivity index (χ2n) is 9.25. The van der Waals surface area contributed by atoms with E-state index in [9.17, 15) is 18.0 Å². The van der Waals surface area contributed by atoms with Crippen LogP contribution in [0.2, 0.25) is 0 Å². The molecule has 0 aliphatic heterocycles. The van der Waals surface area contributed by atoms with E-state index >= 15 is 0 Å². The summed E-state index contributed by atoms with van der Waals surface area (Å²) in [5.41, 5.74) is 15.3. The third kappa shape index (κ3) is 19.1. The third-order valence-electron chi connectivity index (χ3n) is 6.05. The fourth-order valence-electron chi connectivity index (χ4n) is 3.55. The molecule has 2 heterocycles. The number of benzene rings is 2. The van der Waals surface area contributed by atoms with Crippen LogP contribution >= 0.6 is 59.9 Å². The van der Waals surface area contributed by atoms with Crippen LogP contribution in [0, 0.1) is 67.5 Å². The molecule has 2 unspecified atom stereocenters. The van der Waals surface area contributed by atoms with Crippen molar-refractivity contribution in [2.24, 2.45) is 0 Å². The molecule has 0 fully saturated rings. The van der Waals surface area contributed by atoms with E-state index in [-0.39, 0.29) is 47.7 Å². The predicted octanol–water partition coefficient (Wildman–Crippen LogP) is 7.97. The van der Waals surface area contributed by atoms with Crippen molar-refractivity contribution in [2.45, 2.75) is 64.5 Å². The zero-order valence-electron chi connectivity index (χ0n) is 28.1. The minimum absolute atomic E-state index is 0. The van der Waals surface area contributed by atoms with Gasteiger partial charge in [-0.3, -0.25) is 0 Å². The largest absolute Gasteiger partial charge is 2.00 e. The Bertz CT molecular complexity index is 1420. The van der Waals surface area contributed by atoms with Crippen LogP contribution in [0.1, 0.15) is 54.9 Å². The molecule has 0 aliphatic carbocycles. The van der Waals surface area contributed by atoms with Crippen molar-refractivity contribution in [1.29, 1.82) is 0 Å². The van der Waals surface area contributed by atoms with Crippen molar-refractivity contribution in [3.05, 3.63) is 102 Å². The standard InChI is InChI=1S/2C10H13.2C6H6NO3S2.I2.2W/c2*1-7-5-8(2)10(4)9(3)6-7;1-7-10-12(9)6-2-3-11-5(6)4-8;1-7-10-12(9)6-5(4-8)2-3-11-6;1-2;;/h2*5H,1-4H3;2*2-3,7H,1H3;;;/q4*-1;;2*+2. The van der Waals surface area contributed by atoms with Gasteiger partial charge in [-0.15, -0.1) is 17.7 Å². The monoisotopic (exact) mass is 1300 g/mol. The Morgan fingerprint density at radius 2 is 1.15 bits per heavy atom. The normalized spacial score (nSPS) is 10.7. The van der Waals surface area contributed by atoms with E-state index in [1.807, 2.05) is 0 Å². The fraction of sp³-hybridized carbons (Fsp3) is 0.312. The molecule has 0 saturated carbocycles. The van der Waals surface area contributed by atoms with Gasteiger partial charge in [0, 0.05) is 61.8 Å². The minimum Gasteiger partial charge on any atom is -0.417 e. The molecular weight excluding hydrogens is 1260 g/mol. The van der Waals surface area contributed by atoms with Gasteiger partial charge in [0.15, 0.2) is 11.1 Å². The van der Waals surface area contributed by atoms with Crippen LogP contribution in [0.25, 0.3) is 0 Å². The summed E-state index contributed by atoms with van der Waals surface area (Å²) in [5, 5.41) is 3.32. The van der Waals surface area contributed by atoms with Gasteiger partial charge in [-0.05, 0) is 5.38 Å². The molecule has 0 radical (unpaired) electrons. The van der Waals surface area contributed by atoms with E-state index in [2.05, 4.69) is 136 Å². The quantitative estimate of drug-likeness (QED) is 0.104. The maximum Gasteiger partial charge on any atom is 2.00 e. The molecule has 4 rings (SSSR count). The zero-order chi connectivity index (χ0) is 35.4. The van der Waals surface area contributed by atoms with Crippen molar-refractivity contribution in [1.82, 2.24) is 11.0 Å². The topological polar surface area (TPSA) is 111 Å². The molecule has 0 bridgehead atoms. The number of nitrogens with one attached hydrogen (secondary N) is 2. The molecule has 2 atom stereocenters. The first-order valence-corrected chi connectivity index (χ1v) is 23.5.